The molecule has 1 N–H and O–H groups in total. The Labute approximate surface area is 122 Å². The number of halogens is 1. The molecule has 0 aliphatic heterocycles. The molecule has 0 spiro atoms. The van der Waals surface area contributed by atoms with Gasteiger partial charge in [-0.3, -0.25) is 0 Å². The Morgan fingerprint density at radius 2 is 1.89 bits per heavy atom. The first-order chi connectivity index (χ1) is 9.24. The minimum absolute atomic E-state index is 0.296. The van der Waals surface area contributed by atoms with Crippen LogP contribution in [0.5, 0.6) is 5.75 Å². The molecule has 0 amide bonds. The zero-order valence-corrected chi connectivity index (χ0v) is 12.8. The summed E-state index contributed by atoms with van der Waals surface area (Å²) in [5, 5.41) is 3.37. The molecular formula is C16H18BrNO. The van der Waals surface area contributed by atoms with E-state index in [-0.39, 0.29) is 0 Å². The molecule has 0 bridgehead atoms. The van der Waals surface area contributed by atoms with Crippen molar-refractivity contribution in [2.75, 3.05) is 14.2 Å². The molecule has 0 radical (unpaired) electrons. The number of rotatable bonds is 5. The fourth-order valence-electron chi connectivity index (χ4n) is 2.13. The van der Waals surface area contributed by atoms with Gasteiger partial charge in [-0.15, -0.1) is 0 Å². The first-order valence-corrected chi connectivity index (χ1v) is 7.08. The Kier molecular flexibility index (Phi) is 5.00. The van der Waals surface area contributed by atoms with Gasteiger partial charge < -0.3 is 10.1 Å². The number of nitrogens with one attached hydrogen (secondary N) is 1. The SMILES string of the molecule is CNC(Cc1cc(OC)ccc1Br)c1ccccc1. The molecule has 0 saturated carbocycles. The van der Waals surface area contributed by atoms with E-state index in [1.54, 1.807) is 7.11 Å². The zero-order chi connectivity index (χ0) is 13.7. The second-order valence-corrected chi connectivity index (χ2v) is 5.27. The second kappa shape index (κ2) is 6.73. The molecule has 1 atom stereocenters. The zero-order valence-electron chi connectivity index (χ0n) is 11.2. The Hall–Kier alpha value is -1.32. The summed E-state index contributed by atoms with van der Waals surface area (Å²) in [7, 11) is 3.69. The molecule has 0 aliphatic carbocycles. The van der Waals surface area contributed by atoms with Crippen molar-refractivity contribution in [3.63, 3.8) is 0 Å². The van der Waals surface area contributed by atoms with Crippen LogP contribution in [0, 0.1) is 0 Å². The minimum atomic E-state index is 0.296. The van der Waals surface area contributed by atoms with E-state index in [0.717, 1.165) is 16.6 Å². The number of ether oxygens (including phenoxy) is 1. The second-order valence-electron chi connectivity index (χ2n) is 4.41. The summed E-state index contributed by atoms with van der Waals surface area (Å²) in [5.41, 5.74) is 2.53. The van der Waals surface area contributed by atoms with Gasteiger partial charge in [-0.25, -0.2) is 0 Å². The summed E-state index contributed by atoms with van der Waals surface area (Å²) in [4.78, 5) is 0. The minimum Gasteiger partial charge on any atom is -0.497 e. The van der Waals surface area contributed by atoms with E-state index in [4.69, 9.17) is 4.74 Å². The van der Waals surface area contributed by atoms with Crippen LogP contribution in [0.3, 0.4) is 0 Å². The fraction of sp³-hybridized carbons (Fsp3) is 0.250. The Morgan fingerprint density at radius 1 is 1.16 bits per heavy atom. The summed E-state index contributed by atoms with van der Waals surface area (Å²) in [6.07, 6.45) is 0.915. The van der Waals surface area contributed by atoms with Crippen molar-refractivity contribution in [2.24, 2.45) is 0 Å². The summed E-state index contributed by atoms with van der Waals surface area (Å²) < 4.78 is 6.40. The fourth-order valence-corrected chi connectivity index (χ4v) is 2.53. The summed E-state index contributed by atoms with van der Waals surface area (Å²) in [6, 6.07) is 16.8. The van der Waals surface area contributed by atoms with Gasteiger partial charge in [0.1, 0.15) is 5.75 Å². The van der Waals surface area contributed by atoms with Crippen LogP contribution in [-0.4, -0.2) is 14.2 Å². The van der Waals surface area contributed by atoms with E-state index in [9.17, 15) is 0 Å². The van der Waals surface area contributed by atoms with Crippen LogP contribution in [-0.2, 0) is 6.42 Å². The van der Waals surface area contributed by atoms with Gasteiger partial charge >= 0.3 is 0 Å². The summed E-state index contributed by atoms with van der Waals surface area (Å²) in [6.45, 7) is 0. The standard InChI is InChI=1S/C16H18BrNO/c1-18-16(12-6-4-3-5-7-12)11-13-10-14(19-2)8-9-15(13)17/h3-10,16,18H,11H2,1-2H3. The van der Waals surface area contributed by atoms with Gasteiger partial charge in [0.25, 0.3) is 0 Å². The molecule has 2 nitrogen and oxygen atoms in total. The highest BCUT2D eigenvalue weighted by atomic mass is 79.9. The van der Waals surface area contributed by atoms with Crippen molar-refractivity contribution < 1.29 is 4.74 Å². The van der Waals surface area contributed by atoms with Crippen molar-refractivity contribution >= 4 is 15.9 Å². The van der Waals surface area contributed by atoms with Crippen LogP contribution in [0.25, 0.3) is 0 Å². The number of hydrogen-bond donors (Lipinski definition) is 1. The van der Waals surface area contributed by atoms with Gasteiger partial charge in [0.05, 0.1) is 7.11 Å². The molecule has 0 fully saturated rings. The van der Waals surface area contributed by atoms with E-state index in [0.29, 0.717) is 6.04 Å². The normalized spacial score (nSPS) is 12.2. The van der Waals surface area contributed by atoms with Gasteiger partial charge in [-0.2, -0.15) is 0 Å². The predicted molar refractivity (Wildman–Crippen MR) is 82.6 cm³/mol. The molecule has 1 unspecified atom stereocenters. The van der Waals surface area contributed by atoms with Gasteiger partial charge in [0.15, 0.2) is 0 Å². The van der Waals surface area contributed by atoms with Crippen molar-refractivity contribution in [1.29, 1.82) is 0 Å². The quantitative estimate of drug-likeness (QED) is 0.900. The lowest BCUT2D eigenvalue weighted by Crippen LogP contribution is -2.18. The third kappa shape index (κ3) is 3.58. The third-order valence-electron chi connectivity index (χ3n) is 3.23. The molecule has 0 aliphatic rings. The molecular weight excluding hydrogens is 302 g/mol. The van der Waals surface area contributed by atoms with Crippen LogP contribution < -0.4 is 10.1 Å². The van der Waals surface area contributed by atoms with Crippen molar-refractivity contribution in [2.45, 2.75) is 12.5 Å². The lowest BCUT2D eigenvalue weighted by Gasteiger charge is -2.18. The first-order valence-electron chi connectivity index (χ1n) is 6.29. The average Bonchev–Trinajstić information content (AvgIpc) is 2.47. The van der Waals surface area contributed by atoms with Crippen molar-refractivity contribution in [1.82, 2.24) is 5.32 Å². The summed E-state index contributed by atoms with van der Waals surface area (Å²) >= 11 is 3.61. The highest BCUT2D eigenvalue weighted by Gasteiger charge is 2.12. The van der Waals surface area contributed by atoms with Crippen LogP contribution in [0.4, 0.5) is 0 Å². The van der Waals surface area contributed by atoms with Crippen LogP contribution in [0.1, 0.15) is 17.2 Å². The molecule has 19 heavy (non-hydrogen) atoms. The van der Waals surface area contributed by atoms with Crippen LogP contribution in [0.2, 0.25) is 0 Å². The Bertz CT molecular complexity index is 528. The maximum atomic E-state index is 5.29. The van der Waals surface area contributed by atoms with E-state index in [1.165, 1.54) is 11.1 Å². The number of methoxy groups -OCH3 is 1. The molecule has 0 saturated heterocycles. The van der Waals surface area contributed by atoms with Gasteiger partial charge in [0, 0.05) is 10.5 Å². The Balaban J connectivity index is 2.23. The Morgan fingerprint density at radius 3 is 2.53 bits per heavy atom. The maximum absolute atomic E-state index is 5.29. The third-order valence-corrected chi connectivity index (χ3v) is 4.00. The molecule has 0 heterocycles. The van der Waals surface area contributed by atoms with Crippen LogP contribution in [0.15, 0.2) is 53.0 Å². The molecule has 3 heteroatoms. The first kappa shape index (κ1) is 14.1. The smallest absolute Gasteiger partial charge is 0.119 e. The van der Waals surface area contributed by atoms with Gasteiger partial charge in [-0.1, -0.05) is 46.3 Å². The molecule has 0 aromatic heterocycles. The lowest BCUT2D eigenvalue weighted by molar-refractivity contribution is 0.414. The lowest BCUT2D eigenvalue weighted by atomic mass is 9.99. The van der Waals surface area contributed by atoms with Gasteiger partial charge in [-0.05, 0) is 42.8 Å². The topological polar surface area (TPSA) is 21.3 Å². The number of hydrogen-bond acceptors (Lipinski definition) is 2. The van der Waals surface area contributed by atoms with Gasteiger partial charge in [0.2, 0.25) is 0 Å². The maximum Gasteiger partial charge on any atom is 0.119 e. The largest absolute Gasteiger partial charge is 0.497 e. The highest BCUT2D eigenvalue weighted by Crippen LogP contribution is 2.27. The average molecular weight is 320 g/mol. The summed E-state index contributed by atoms with van der Waals surface area (Å²) in [5.74, 6) is 0.890. The van der Waals surface area contributed by atoms with E-state index >= 15 is 0 Å². The predicted octanol–water partition coefficient (Wildman–Crippen LogP) is 3.96. The van der Waals surface area contributed by atoms with Crippen LogP contribution >= 0.6 is 15.9 Å². The molecule has 2 rings (SSSR count). The monoisotopic (exact) mass is 319 g/mol. The number of likely N-dealkylation sites (N-methyl/N-ethyl adjacent to an activating group) is 1. The highest BCUT2D eigenvalue weighted by molar-refractivity contribution is 9.10. The van der Waals surface area contributed by atoms with E-state index in [1.807, 2.05) is 25.2 Å². The molecule has 2 aromatic rings. The van der Waals surface area contributed by atoms with Crippen molar-refractivity contribution in [3.05, 3.63) is 64.1 Å². The molecule has 100 valence electrons. The van der Waals surface area contributed by atoms with E-state index < -0.39 is 0 Å². The number of benzene rings is 2. The van der Waals surface area contributed by atoms with E-state index in [2.05, 4.69) is 51.6 Å². The van der Waals surface area contributed by atoms with Crippen molar-refractivity contribution in [3.8, 4) is 5.75 Å². The molecule has 2 aromatic carbocycles.